The first-order chi connectivity index (χ1) is 8.88. The maximum Gasteiger partial charge on any atom is 0.325 e. The molecular formula is C11H10BrNO6. The van der Waals surface area contributed by atoms with E-state index in [1.165, 1.54) is 25.1 Å². The lowest BCUT2D eigenvalue weighted by molar-refractivity contribution is -0.386. The monoisotopic (exact) mass is 331 g/mol. The van der Waals surface area contributed by atoms with E-state index in [2.05, 4.69) is 20.7 Å². The predicted octanol–water partition coefficient (Wildman–Crippen LogP) is 2.07. The largest absolute Gasteiger partial charge is 0.468 e. The molecule has 0 saturated heterocycles. The van der Waals surface area contributed by atoms with Crippen LogP contribution in [0.4, 0.5) is 5.69 Å². The average Bonchev–Trinajstić information content (AvgIpc) is 2.36. The van der Waals surface area contributed by atoms with E-state index in [1.807, 2.05) is 0 Å². The summed E-state index contributed by atoms with van der Waals surface area (Å²) in [7, 11) is 1.13. The molecule has 0 aliphatic heterocycles. The van der Waals surface area contributed by atoms with Crippen LogP contribution in [0.3, 0.4) is 0 Å². The van der Waals surface area contributed by atoms with Crippen LogP contribution < -0.4 is 4.74 Å². The summed E-state index contributed by atoms with van der Waals surface area (Å²) in [4.78, 5) is 33.0. The summed E-state index contributed by atoms with van der Waals surface area (Å²) in [6, 6.07) is 4.19. The van der Waals surface area contributed by atoms with E-state index < -0.39 is 22.8 Å². The van der Waals surface area contributed by atoms with Crippen molar-refractivity contribution in [3.05, 3.63) is 32.8 Å². The lowest BCUT2D eigenvalue weighted by Crippen LogP contribution is -2.26. The quantitative estimate of drug-likeness (QED) is 0.275. The number of carbonyl (C=O) groups excluding carboxylic acids is 2. The average molecular weight is 332 g/mol. The van der Waals surface area contributed by atoms with E-state index in [0.29, 0.717) is 0 Å². The summed E-state index contributed by atoms with van der Waals surface area (Å²) in [5.41, 5.74) is -0.382. The Bertz CT molecular complexity index is 530. The van der Waals surface area contributed by atoms with Gasteiger partial charge in [0.05, 0.1) is 16.5 Å². The number of para-hydroxylation sites is 1. The molecule has 8 heteroatoms. The van der Waals surface area contributed by atoms with E-state index in [1.54, 1.807) is 0 Å². The molecule has 0 aliphatic carbocycles. The molecule has 1 aromatic carbocycles. The highest BCUT2D eigenvalue weighted by Gasteiger charge is 2.28. The number of carbonyl (C=O) groups is 2. The summed E-state index contributed by atoms with van der Waals surface area (Å²) in [5.74, 6) is -3.10. The van der Waals surface area contributed by atoms with Crippen LogP contribution in [0, 0.1) is 16.0 Å². The second-order valence-electron chi connectivity index (χ2n) is 3.51. The molecule has 102 valence electrons. The van der Waals surface area contributed by atoms with Crippen molar-refractivity contribution in [3.63, 3.8) is 0 Å². The zero-order valence-electron chi connectivity index (χ0n) is 10.1. The Morgan fingerprint density at radius 1 is 1.37 bits per heavy atom. The van der Waals surface area contributed by atoms with Gasteiger partial charge in [-0.1, -0.05) is 6.07 Å². The van der Waals surface area contributed by atoms with Crippen LogP contribution in [0.5, 0.6) is 5.75 Å². The molecule has 0 aliphatic rings. The maximum absolute atomic E-state index is 11.6. The number of esters is 2. The van der Waals surface area contributed by atoms with Crippen molar-refractivity contribution in [1.29, 1.82) is 0 Å². The van der Waals surface area contributed by atoms with Gasteiger partial charge in [-0.25, -0.2) is 0 Å². The van der Waals surface area contributed by atoms with Gasteiger partial charge in [0.1, 0.15) is 0 Å². The van der Waals surface area contributed by atoms with Crippen molar-refractivity contribution in [2.75, 3.05) is 7.11 Å². The lowest BCUT2D eigenvalue weighted by Gasteiger charge is -2.09. The van der Waals surface area contributed by atoms with Gasteiger partial charge in [0.25, 0.3) is 0 Å². The predicted molar refractivity (Wildman–Crippen MR) is 67.6 cm³/mol. The Balaban J connectivity index is 3.01. The third-order valence-corrected chi connectivity index (χ3v) is 2.89. The number of hydrogen-bond donors (Lipinski definition) is 0. The Morgan fingerprint density at radius 3 is 2.53 bits per heavy atom. The molecule has 0 bridgehead atoms. The normalized spacial score (nSPS) is 11.5. The first-order valence-corrected chi connectivity index (χ1v) is 5.90. The number of hydrogen-bond acceptors (Lipinski definition) is 6. The summed E-state index contributed by atoms with van der Waals surface area (Å²) in [5, 5.41) is 10.9. The van der Waals surface area contributed by atoms with Crippen LogP contribution in [0.25, 0.3) is 0 Å². The van der Waals surface area contributed by atoms with Crippen LogP contribution in [0.1, 0.15) is 6.92 Å². The van der Waals surface area contributed by atoms with E-state index in [4.69, 9.17) is 4.74 Å². The molecule has 0 saturated carbocycles. The molecule has 0 radical (unpaired) electrons. The van der Waals surface area contributed by atoms with Crippen molar-refractivity contribution < 1.29 is 24.0 Å². The van der Waals surface area contributed by atoms with Gasteiger partial charge in [-0.15, -0.1) is 0 Å². The molecule has 1 rings (SSSR count). The first kappa shape index (κ1) is 15.1. The third-order valence-electron chi connectivity index (χ3n) is 2.25. The molecule has 0 heterocycles. The van der Waals surface area contributed by atoms with Crippen LogP contribution in [-0.2, 0) is 14.3 Å². The number of nitro groups is 1. The minimum absolute atomic E-state index is 0.175. The summed E-state index contributed by atoms with van der Waals surface area (Å²) in [6.07, 6.45) is 0. The Morgan fingerprint density at radius 2 is 2.00 bits per heavy atom. The van der Waals surface area contributed by atoms with Crippen LogP contribution >= 0.6 is 15.9 Å². The van der Waals surface area contributed by atoms with Gasteiger partial charge >= 0.3 is 17.6 Å². The van der Waals surface area contributed by atoms with E-state index in [-0.39, 0.29) is 15.9 Å². The molecule has 0 aromatic heterocycles. The first-order valence-electron chi connectivity index (χ1n) is 5.11. The number of halogens is 1. The second kappa shape index (κ2) is 6.28. The van der Waals surface area contributed by atoms with Crippen molar-refractivity contribution >= 4 is 33.6 Å². The molecule has 1 atom stereocenters. The van der Waals surface area contributed by atoms with Crippen molar-refractivity contribution in [3.8, 4) is 5.75 Å². The van der Waals surface area contributed by atoms with Crippen molar-refractivity contribution in [2.24, 2.45) is 5.92 Å². The van der Waals surface area contributed by atoms with E-state index in [0.717, 1.165) is 7.11 Å². The number of rotatable bonds is 4. The summed E-state index contributed by atoms with van der Waals surface area (Å²) in [6.45, 7) is 1.29. The SMILES string of the molecule is COC(=O)C(C)C(=O)Oc1cccc(Br)c1[N+](=O)[O-]. The highest BCUT2D eigenvalue weighted by atomic mass is 79.9. The molecular weight excluding hydrogens is 322 g/mol. The number of methoxy groups -OCH3 is 1. The topological polar surface area (TPSA) is 95.7 Å². The van der Waals surface area contributed by atoms with Gasteiger partial charge in [-0.05, 0) is 35.0 Å². The number of benzene rings is 1. The molecule has 1 unspecified atom stereocenters. The third kappa shape index (κ3) is 3.50. The highest BCUT2D eigenvalue weighted by molar-refractivity contribution is 9.10. The Hall–Kier alpha value is -1.96. The maximum atomic E-state index is 11.6. The van der Waals surface area contributed by atoms with Crippen LogP contribution in [0.15, 0.2) is 22.7 Å². The van der Waals surface area contributed by atoms with Gasteiger partial charge < -0.3 is 9.47 Å². The molecule has 1 aromatic rings. The molecule has 7 nitrogen and oxygen atoms in total. The Kier molecular flexibility index (Phi) is 4.99. The van der Waals surface area contributed by atoms with Crippen molar-refractivity contribution in [2.45, 2.75) is 6.92 Å². The molecule has 0 spiro atoms. The minimum Gasteiger partial charge on any atom is -0.468 e. The minimum atomic E-state index is -1.16. The van der Waals surface area contributed by atoms with Crippen LogP contribution in [0.2, 0.25) is 0 Å². The molecule has 19 heavy (non-hydrogen) atoms. The second-order valence-corrected chi connectivity index (χ2v) is 4.36. The van der Waals surface area contributed by atoms with Crippen LogP contribution in [-0.4, -0.2) is 24.0 Å². The summed E-state index contributed by atoms with van der Waals surface area (Å²) < 4.78 is 9.42. The van der Waals surface area contributed by atoms with E-state index in [9.17, 15) is 19.7 Å². The summed E-state index contributed by atoms with van der Waals surface area (Å²) >= 11 is 2.99. The zero-order chi connectivity index (χ0) is 14.6. The zero-order valence-corrected chi connectivity index (χ0v) is 11.7. The standard InChI is InChI=1S/C11H10BrNO6/c1-6(10(14)18-2)11(15)19-8-5-3-4-7(12)9(8)13(16)17/h3-6H,1-2H3. The fourth-order valence-corrected chi connectivity index (χ4v) is 1.72. The van der Waals surface area contributed by atoms with Gasteiger partial charge in [0, 0.05) is 0 Å². The molecule has 0 N–H and O–H groups in total. The van der Waals surface area contributed by atoms with Gasteiger partial charge in [-0.2, -0.15) is 0 Å². The van der Waals surface area contributed by atoms with Crippen molar-refractivity contribution in [1.82, 2.24) is 0 Å². The number of ether oxygens (including phenoxy) is 2. The number of nitro benzene ring substituents is 1. The fraction of sp³-hybridized carbons (Fsp3) is 0.273. The van der Waals surface area contributed by atoms with Gasteiger partial charge in [0.15, 0.2) is 5.92 Å². The molecule has 0 fully saturated rings. The van der Waals surface area contributed by atoms with Gasteiger partial charge in [-0.3, -0.25) is 19.7 Å². The smallest absolute Gasteiger partial charge is 0.325 e. The van der Waals surface area contributed by atoms with E-state index >= 15 is 0 Å². The highest BCUT2D eigenvalue weighted by Crippen LogP contribution is 2.34. The number of nitrogens with zero attached hydrogens (tertiary/aromatic N) is 1. The Labute approximate surface area is 116 Å². The lowest BCUT2D eigenvalue weighted by atomic mass is 10.2. The molecule has 0 amide bonds. The fourth-order valence-electron chi connectivity index (χ4n) is 1.22. The van der Waals surface area contributed by atoms with Gasteiger partial charge in [0.2, 0.25) is 5.75 Å².